The number of hydrogen-bond acceptors (Lipinski definition) is 7. The van der Waals surface area contributed by atoms with Gasteiger partial charge >= 0.3 is 5.69 Å². The van der Waals surface area contributed by atoms with Crippen LogP contribution in [0.15, 0.2) is 33.9 Å². The smallest absolute Gasteiger partial charge is 0.332 e. The van der Waals surface area contributed by atoms with Gasteiger partial charge in [0.05, 0.1) is 19.1 Å². The summed E-state index contributed by atoms with van der Waals surface area (Å²) in [6.45, 7) is 4.94. The van der Waals surface area contributed by atoms with Gasteiger partial charge in [0, 0.05) is 25.8 Å². The molecule has 0 amide bonds. The Morgan fingerprint density at radius 2 is 1.93 bits per heavy atom. The van der Waals surface area contributed by atoms with Crippen molar-refractivity contribution in [1.82, 2.24) is 18.7 Å². The molecule has 3 heterocycles. The Kier molecular flexibility index (Phi) is 4.84. The van der Waals surface area contributed by atoms with Gasteiger partial charge in [-0.3, -0.25) is 13.9 Å². The van der Waals surface area contributed by atoms with Crippen LogP contribution in [0.3, 0.4) is 0 Å². The third-order valence-corrected chi connectivity index (χ3v) is 5.19. The lowest BCUT2D eigenvalue weighted by molar-refractivity contribution is -0.306. The maximum atomic E-state index is 13.0. The summed E-state index contributed by atoms with van der Waals surface area (Å²) in [7, 11) is 1.47. The van der Waals surface area contributed by atoms with E-state index in [2.05, 4.69) is 11.9 Å². The van der Waals surface area contributed by atoms with Gasteiger partial charge in [-0.2, -0.15) is 4.98 Å². The van der Waals surface area contributed by atoms with Crippen molar-refractivity contribution in [3.63, 3.8) is 0 Å². The van der Waals surface area contributed by atoms with Crippen LogP contribution >= 0.6 is 0 Å². The van der Waals surface area contributed by atoms with Gasteiger partial charge in [0.2, 0.25) is 5.95 Å². The van der Waals surface area contributed by atoms with Crippen LogP contribution in [-0.4, -0.2) is 37.8 Å². The van der Waals surface area contributed by atoms with E-state index in [0.717, 1.165) is 11.4 Å². The number of ether oxygens (including phenoxy) is 1. The van der Waals surface area contributed by atoms with Crippen LogP contribution < -0.4 is 26.0 Å². The minimum atomic E-state index is -1.50. The lowest BCUT2D eigenvalue weighted by Crippen LogP contribution is -2.44. The SMILES string of the molecule is CCOc1ccc(N2C[C@@H](C)Cn3c2nc2c3c(=O)n(CC(=O)[O-])c(=O)n2C)cc1. The third-order valence-electron chi connectivity index (χ3n) is 5.19. The molecule has 0 saturated carbocycles. The van der Waals surface area contributed by atoms with Crippen molar-refractivity contribution in [1.29, 1.82) is 0 Å². The quantitative estimate of drug-likeness (QED) is 0.572. The van der Waals surface area contributed by atoms with Crippen LogP contribution in [-0.2, 0) is 24.9 Å². The Morgan fingerprint density at radius 1 is 1.23 bits per heavy atom. The minimum Gasteiger partial charge on any atom is -0.548 e. The van der Waals surface area contributed by atoms with Crippen molar-refractivity contribution in [2.45, 2.75) is 26.9 Å². The van der Waals surface area contributed by atoms with Gasteiger partial charge in [0.1, 0.15) is 5.75 Å². The van der Waals surface area contributed by atoms with Gasteiger partial charge in [0.25, 0.3) is 5.56 Å². The Morgan fingerprint density at radius 3 is 2.57 bits per heavy atom. The molecule has 158 valence electrons. The van der Waals surface area contributed by atoms with Gasteiger partial charge in [-0.05, 0) is 37.1 Å². The average Bonchev–Trinajstić information content (AvgIpc) is 3.09. The zero-order valence-corrected chi connectivity index (χ0v) is 17.0. The summed E-state index contributed by atoms with van der Waals surface area (Å²) < 4.78 is 9.13. The molecule has 10 heteroatoms. The molecule has 1 aliphatic heterocycles. The molecule has 3 aromatic rings. The van der Waals surface area contributed by atoms with Crippen molar-refractivity contribution in [3.8, 4) is 5.75 Å². The van der Waals surface area contributed by atoms with Gasteiger partial charge in [-0.1, -0.05) is 6.92 Å². The van der Waals surface area contributed by atoms with Gasteiger partial charge in [0.15, 0.2) is 11.2 Å². The predicted molar refractivity (Wildman–Crippen MR) is 108 cm³/mol. The molecule has 0 N–H and O–H groups in total. The molecule has 10 nitrogen and oxygen atoms in total. The highest BCUT2D eigenvalue weighted by atomic mass is 16.5. The summed E-state index contributed by atoms with van der Waals surface area (Å²) in [4.78, 5) is 43.1. The number of aromatic nitrogens is 4. The number of hydrogen-bond donors (Lipinski definition) is 0. The van der Waals surface area contributed by atoms with Crippen LogP contribution in [0, 0.1) is 5.92 Å². The molecular formula is C20H22N5O5-. The van der Waals surface area contributed by atoms with Crippen molar-refractivity contribution in [3.05, 3.63) is 45.1 Å². The monoisotopic (exact) mass is 412 g/mol. The summed E-state index contributed by atoms with van der Waals surface area (Å²) in [5.74, 6) is -0.0260. The topological polar surface area (TPSA) is 114 Å². The highest BCUT2D eigenvalue weighted by Gasteiger charge is 2.29. The fourth-order valence-corrected chi connectivity index (χ4v) is 3.88. The van der Waals surface area contributed by atoms with Crippen LogP contribution in [0.1, 0.15) is 13.8 Å². The molecule has 0 unspecified atom stereocenters. The second-order valence-corrected chi connectivity index (χ2v) is 7.44. The Bertz CT molecular complexity index is 1240. The fraction of sp³-hybridized carbons (Fsp3) is 0.400. The number of rotatable bonds is 5. The number of carboxylic acid groups (broad SMARTS) is 1. The highest BCUT2D eigenvalue weighted by Crippen LogP contribution is 2.33. The molecular weight excluding hydrogens is 390 g/mol. The number of carbonyl (C=O) groups excluding carboxylic acids is 1. The van der Waals surface area contributed by atoms with E-state index in [1.807, 2.05) is 36.1 Å². The van der Waals surface area contributed by atoms with Crippen molar-refractivity contribution < 1.29 is 14.6 Å². The molecule has 0 radical (unpaired) electrons. The third kappa shape index (κ3) is 3.14. The number of anilines is 2. The number of fused-ring (bicyclic) bond motifs is 3. The second kappa shape index (κ2) is 7.36. The van der Waals surface area contributed by atoms with E-state index in [1.165, 1.54) is 11.6 Å². The molecule has 0 spiro atoms. The first-order chi connectivity index (χ1) is 14.3. The van der Waals surface area contributed by atoms with E-state index < -0.39 is 23.8 Å². The number of aliphatic carboxylic acids is 1. The summed E-state index contributed by atoms with van der Waals surface area (Å²) in [5, 5.41) is 11.1. The first-order valence-electron chi connectivity index (χ1n) is 9.72. The zero-order chi connectivity index (χ0) is 21.6. The zero-order valence-electron chi connectivity index (χ0n) is 17.0. The van der Waals surface area contributed by atoms with Crippen LogP contribution in [0.25, 0.3) is 11.2 Å². The standard InChI is InChI=1S/C20H23N5O5/c1-4-30-14-7-5-13(6-8-14)23-9-12(2)10-24-16-17(21-19(23)24)22(3)20(29)25(18(16)28)11-15(26)27/h5-8,12H,4,9-11H2,1-3H3,(H,26,27)/p-1/t12-/m1/s1. The normalized spacial score (nSPS) is 16.0. The minimum absolute atomic E-state index is 0.188. The van der Waals surface area contributed by atoms with Gasteiger partial charge in [-0.25, -0.2) is 4.79 Å². The largest absolute Gasteiger partial charge is 0.548 e. The first-order valence-corrected chi connectivity index (χ1v) is 9.72. The summed E-state index contributed by atoms with van der Waals surface area (Å²) >= 11 is 0. The molecule has 1 aromatic carbocycles. The van der Waals surface area contributed by atoms with Crippen LogP contribution in [0.5, 0.6) is 5.75 Å². The van der Waals surface area contributed by atoms with E-state index in [4.69, 9.17) is 4.74 Å². The Balaban J connectivity index is 1.92. The number of carbonyl (C=O) groups is 1. The number of nitrogens with zero attached hydrogens (tertiary/aromatic N) is 5. The van der Waals surface area contributed by atoms with E-state index in [-0.39, 0.29) is 17.1 Å². The molecule has 1 aliphatic rings. The average molecular weight is 412 g/mol. The number of carboxylic acids is 1. The maximum absolute atomic E-state index is 13.0. The lowest BCUT2D eigenvalue weighted by atomic mass is 10.1. The summed E-state index contributed by atoms with van der Waals surface area (Å²) in [5.41, 5.74) is -0.123. The summed E-state index contributed by atoms with van der Waals surface area (Å²) in [6.07, 6.45) is 0. The van der Waals surface area contributed by atoms with Crippen molar-refractivity contribution in [2.75, 3.05) is 18.1 Å². The van der Waals surface area contributed by atoms with Crippen LogP contribution in [0.4, 0.5) is 11.6 Å². The van der Waals surface area contributed by atoms with E-state index in [0.29, 0.717) is 30.2 Å². The highest BCUT2D eigenvalue weighted by molar-refractivity contribution is 5.77. The number of imidazole rings is 1. The molecule has 0 fully saturated rings. The number of benzene rings is 1. The second-order valence-electron chi connectivity index (χ2n) is 7.44. The Hall–Kier alpha value is -3.56. The summed E-state index contributed by atoms with van der Waals surface area (Å²) in [6, 6.07) is 7.57. The maximum Gasteiger partial charge on any atom is 0.332 e. The van der Waals surface area contributed by atoms with Crippen LogP contribution in [0.2, 0.25) is 0 Å². The van der Waals surface area contributed by atoms with E-state index in [1.54, 1.807) is 4.57 Å². The van der Waals surface area contributed by atoms with Crippen molar-refractivity contribution in [2.24, 2.45) is 13.0 Å². The van der Waals surface area contributed by atoms with Crippen molar-refractivity contribution >= 4 is 28.8 Å². The van der Waals surface area contributed by atoms with Gasteiger partial charge in [-0.15, -0.1) is 0 Å². The number of aryl methyl sites for hydroxylation is 1. The van der Waals surface area contributed by atoms with Gasteiger partial charge < -0.3 is 24.1 Å². The predicted octanol–water partition coefficient (Wildman–Crippen LogP) is -0.167. The molecule has 0 bridgehead atoms. The molecule has 0 aliphatic carbocycles. The molecule has 1 atom stereocenters. The molecule has 4 rings (SSSR count). The molecule has 0 saturated heterocycles. The Labute approximate surface area is 171 Å². The first kappa shape index (κ1) is 19.7. The molecule has 2 aromatic heterocycles. The van der Waals surface area contributed by atoms with E-state index >= 15 is 0 Å². The fourth-order valence-electron chi connectivity index (χ4n) is 3.88. The van der Waals surface area contributed by atoms with E-state index in [9.17, 15) is 19.5 Å². The molecule has 30 heavy (non-hydrogen) atoms. The lowest BCUT2D eigenvalue weighted by Gasteiger charge is -2.33.